The smallest absolute Gasteiger partial charge is 0.308 e. The number of nitrogens with zero attached hydrogens (tertiary/aromatic N) is 1. The van der Waals surface area contributed by atoms with E-state index in [1.165, 1.54) is 6.92 Å². The Hall–Kier alpha value is -1.54. The van der Waals surface area contributed by atoms with E-state index in [1.54, 1.807) is 6.92 Å². The summed E-state index contributed by atoms with van der Waals surface area (Å²) in [5.41, 5.74) is 0.00431. The molecule has 1 aromatic carbocycles. The number of hydrogen-bond donors (Lipinski definition) is 1. The average molecular weight is 319 g/mol. The first kappa shape index (κ1) is 15.8. The van der Waals surface area contributed by atoms with Gasteiger partial charge in [-0.25, -0.2) is 17.2 Å². The lowest BCUT2D eigenvalue weighted by molar-refractivity contribution is -0.142. The second kappa shape index (κ2) is 5.34. The van der Waals surface area contributed by atoms with Crippen LogP contribution >= 0.6 is 0 Å². The molecule has 1 N–H and O–H groups in total. The van der Waals surface area contributed by atoms with Crippen LogP contribution in [0.3, 0.4) is 0 Å². The Morgan fingerprint density at radius 1 is 1.29 bits per heavy atom. The van der Waals surface area contributed by atoms with Gasteiger partial charge in [-0.1, -0.05) is 6.92 Å². The van der Waals surface area contributed by atoms with Gasteiger partial charge in [-0.05, 0) is 30.5 Å². The van der Waals surface area contributed by atoms with E-state index in [1.807, 2.05) is 0 Å². The van der Waals surface area contributed by atoms with Crippen molar-refractivity contribution in [1.29, 1.82) is 0 Å². The van der Waals surface area contributed by atoms with Crippen LogP contribution in [0.2, 0.25) is 0 Å². The molecule has 2 rings (SSSR count). The maximum Gasteiger partial charge on any atom is 0.308 e. The van der Waals surface area contributed by atoms with Crippen molar-refractivity contribution in [2.75, 3.05) is 13.1 Å². The molecule has 8 heteroatoms. The molecule has 1 fully saturated rings. The Kier molecular flexibility index (Phi) is 4.03. The molecule has 0 amide bonds. The van der Waals surface area contributed by atoms with Gasteiger partial charge in [-0.2, -0.15) is 4.31 Å². The van der Waals surface area contributed by atoms with Crippen LogP contribution in [0.1, 0.15) is 12.5 Å². The molecule has 0 aliphatic carbocycles. The zero-order chi connectivity index (χ0) is 15.9. The van der Waals surface area contributed by atoms with Gasteiger partial charge in [-0.15, -0.1) is 0 Å². The summed E-state index contributed by atoms with van der Waals surface area (Å²) in [6, 6.07) is 1.45. The van der Waals surface area contributed by atoms with Crippen LogP contribution in [0.25, 0.3) is 0 Å². The summed E-state index contributed by atoms with van der Waals surface area (Å²) in [7, 11) is -4.25. The van der Waals surface area contributed by atoms with Gasteiger partial charge in [0, 0.05) is 13.1 Å². The summed E-state index contributed by atoms with van der Waals surface area (Å²) in [4.78, 5) is 10.3. The molecule has 2 atom stereocenters. The summed E-state index contributed by atoms with van der Waals surface area (Å²) in [6.45, 7) is 2.66. The van der Waals surface area contributed by atoms with Gasteiger partial charge in [-0.3, -0.25) is 4.79 Å². The minimum Gasteiger partial charge on any atom is -0.481 e. The molecule has 5 nitrogen and oxygen atoms in total. The van der Waals surface area contributed by atoms with E-state index in [0.717, 1.165) is 10.4 Å². The first-order chi connectivity index (χ1) is 9.64. The zero-order valence-corrected chi connectivity index (χ0v) is 12.3. The maximum atomic E-state index is 13.8. The van der Waals surface area contributed by atoms with E-state index in [4.69, 9.17) is 5.11 Å². The topological polar surface area (TPSA) is 74.7 Å². The number of carbonyl (C=O) groups is 1. The van der Waals surface area contributed by atoms with Crippen molar-refractivity contribution in [3.8, 4) is 0 Å². The average Bonchev–Trinajstić information content (AvgIpc) is 2.76. The third-order valence-electron chi connectivity index (χ3n) is 3.73. The molecule has 0 radical (unpaired) electrons. The largest absolute Gasteiger partial charge is 0.481 e. The monoisotopic (exact) mass is 319 g/mol. The van der Waals surface area contributed by atoms with E-state index in [0.29, 0.717) is 6.07 Å². The van der Waals surface area contributed by atoms with Crippen LogP contribution in [0, 0.1) is 30.4 Å². The standard InChI is InChI=1S/C13H15F2NO4S/c1-7-3-11(15)12(4-10(7)14)21(19,20)16-5-8(2)9(6-16)13(17)18/h3-4,8-9H,5-6H2,1-2H3,(H,17,18)/t8-,9-/m1/s1. The molecule has 0 bridgehead atoms. The fourth-order valence-corrected chi connectivity index (χ4v) is 4.03. The lowest BCUT2D eigenvalue weighted by Crippen LogP contribution is -2.30. The van der Waals surface area contributed by atoms with Crippen LogP contribution in [-0.2, 0) is 14.8 Å². The lowest BCUT2D eigenvalue weighted by Gasteiger charge is -2.17. The molecule has 0 unspecified atom stereocenters. The maximum absolute atomic E-state index is 13.8. The van der Waals surface area contributed by atoms with Gasteiger partial charge < -0.3 is 5.11 Å². The molecular formula is C13H15F2NO4S. The Balaban J connectivity index is 2.40. The highest BCUT2D eigenvalue weighted by Gasteiger charge is 2.41. The van der Waals surface area contributed by atoms with E-state index in [2.05, 4.69) is 0 Å². The molecule has 21 heavy (non-hydrogen) atoms. The molecule has 0 spiro atoms. The molecule has 1 saturated heterocycles. The molecule has 1 aromatic rings. The fourth-order valence-electron chi connectivity index (χ4n) is 2.40. The van der Waals surface area contributed by atoms with Gasteiger partial charge in [0.2, 0.25) is 10.0 Å². The molecule has 1 aliphatic rings. The highest BCUT2D eigenvalue weighted by atomic mass is 32.2. The second-order valence-corrected chi connectivity index (χ2v) is 7.18. The second-order valence-electron chi connectivity index (χ2n) is 5.28. The van der Waals surface area contributed by atoms with Crippen molar-refractivity contribution in [2.24, 2.45) is 11.8 Å². The lowest BCUT2D eigenvalue weighted by atomic mass is 9.99. The minimum absolute atomic E-state index is 0.00431. The Bertz CT molecular complexity index is 690. The number of carboxylic acids is 1. The van der Waals surface area contributed by atoms with E-state index in [9.17, 15) is 22.0 Å². The van der Waals surface area contributed by atoms with Gasteiger partial charge in [0.1, 0.15) is 16.5 Å². The number of benzene rings is 1. The molecule has 0 saturated carbocycles. The highest BCUT2D eigenvalue weighted by Crippen LogP contribution is 2.30. The van der Waals surface area contributed by atoms with Crippen molar-refractivity contribution in [3.63, 3.8) is 0 Å². The van der Waals surface area contributed by atoms with Gasteiger partial charge >= 0.3 is 5.97 Å². The summed E-state index contributed by atoms with van der Waals surface area (Å²) < 4.78 is 53.0. The van der Waals surface area contributed by atoms with Gasteiger partial charge in [0.05, 0.1) is 5.92 Å². The Labute approximate surface area is 121 Å². The predicted octanol–water partition coefficient (Wildman–Crippen LogP) is 1.61. The number of rotatable bonds is 3. The van der Waals surface area contributed by atoms with Crippen molar-refractivity contribution in [3.05, 3.63) is 29.3 Å². The SMILES string of the molecule is Cc1cc(F)c(S(=O)(=O)N2C[C@@H](C)[C@H](C(=O)O)C2)cc1F. The van der Waals surface area contributed by atoms with Crippen molar-refractivity contribution < 1.29 is 27.1 Å². The number of carboxylic acid groups (broad SMARTS) is 1. The first-order valence-electron chi connectivity index (χ1n) is 6.33. The third kappa shape index (κ3) is 2.77. The van der Waals surface area contributed by atoms with Gasteiger partial charge in [0.25, 0.3) is 0 Å². The van der Waals surface area contributed by atoms with Crippen molar-refractivity contribution in [2.45, 2.75) is 18.7 Å². The molecule has 116 valence electrons. The number of aliphatic carboxylic acids is 1. The summed E-state index contributed by atoms with van der Waals surface area (Å²) in [6.07, 6.45) is 0. The number of aryl methyl sites for hydroxylation is 1. The van der Waals surface area contributed by atoms with Crippen LogP contribution < -0.4 is 0 Å². The minimum atomic E-state index is -4.25. The highest BCUT2D eigenvalue weighted by molar-refractivity contribution is 7.89. The van der Waals surface area contributed by atoms with Gasteiger partial charge in [0.15, 0.2) is 0 Å². The molecule has 1 aliphatic heterocycles. The van der Waals surface area contributed by atoms with Crippen molar-refractivity contribution >= 4 is 16.0 Å². The predicted molar refractivity (Wildman–Crippen MR) is 70.1 cm³/mol. The van der Waals surface area contributed by atoms with E-state index < -0.39 is 44.4 Å². The molecule has 0 aromatic heterocycles. The van der Waals surface area contributed by atoms with E-state index in [-0.39, 0.29) is 18.7 Å². The normalized spacial score (nSPS) is 23.4. The number of sulfonamides is 1. The fraction of sp³-hybridized carbons (Fsp3) is 0.462. The number of hydrogen-bond acceptors (Lipinski definition) is 3. The summed E-state index contributed by atoms with van der Waals surface area (Å²) >= 11 is 0. The van der Waals surface area contributed by atoms with Crippen molar-refractivity contribution in [1.82, 2.24) is 4.31 Å². The molecule has 1 heterocycles. The summed E-state index contributed by atoms with van der Waals surface area (Å²) in [5.74, 6) is -4.21. The summed E-state index contributed by atoms with van der Waals surface area (Å²) in [5, 5.41) is 9.02. The number of halogens is 2. The first-order valence-corrected chi connectivity index (χ1v) is 7.77. The quantitative estimate of drug-likeness (QED) is 0.918. The van der Waals surface area contributed by atoms with Crippen LogP contribution in [0.5, 0.6) is 0 Å². The Morgan fingerprint density at radius 3 is 2.43 bits per heavy atom. The van der Waals surface area contributed by atoms with Crippen LogP contribution in [0.15, 0.2) is 17.0 Å². The Morgan fingerprint density at radius 2 is 1.90 bits per heavy atom. The zero-order valence-electron chi connectivity index (χ0n) is 11.5. The van der Waals surface area contributed by atoms with Crippen LogP contribution in [0.4, 0.5) is 8.78 Å². The molecular weight excluding hydrogens is 304 g/mol. The van der Waals surface area contributed by atoms with Crippen LogP contribution in [-0.4, -0.2) is 36.9 Å². The third-order valence-corrected chi connectivity index (χ3v) is 5.57. The van der Waals surface area contributed by atoms with E-state index >= 15 is 0 Å².